The molecule has 0 radical (unpaired) electrons. The number of rotatable bonds is 4. The second-order valence-electron chi connectivity index (χ2n) is 4.03. The summed E-state index contributed by atoms with van der Waals surface area (Å²) in [6.07, 6.45) is 0. The van der Waals surface area contributed by atoms with Crippen molar-refractivity contribution in [3.05, 3.63) is 64.1 Å². The lowest BCUT2D eigenvalue weighted by Crippen LogP contribution is -2.14. The lowest BCUT2D eigenvalue weighted by atomic mass is 10.1. The van der Waals surface area contributed by atoms with Crippen LogP contribution in [-0.2, 0) is 0 Å². The van der Waals surface area contributed by atoms with Gasteiger partial charge in [-0.2, -0.15) is 10.4 Å². The van der Waals surface area contributed by atoms with Crippen molar-refractivity contribution in [2.24, 2.45) is 5.10 Å². The lowest BCUT2D eigenvalue weighted by molar-refractivity contribution is 0.106. The molecule has 0 atom stereocenters. The molecule has 0 bridgehead atoms. The van der Waals surface area contributed by atoms with Crippen molar-refractivity contribution in [1.82, 2.24) is 0 Å². The molecule has 21 heavy (non-hydrogen) atoms. The number of nitrogens with zero attached hydrogens (tertiary/aromatic N) is 2. The van der Waals surface area contributed by atoms with E-state index in [2.05, 4.69) is 10.5 Å². The highest BCUT2D eigenvalue weighted by molar-refractivity contribution is 6.51. The Hall–Kier alpha value is -2.35. The summed E-state index contributed by atoms with van der Waals surface area (Å²) in [7, 11) is 0. The van der Waals surface area contributed by atoms with Gasteiger partial charge in [0.2, 0.25) is 11.5 Å². The van der Waals surface area contributed by atoms with Gasteiger partial charge in [-0.05, 0) is 42.5 Å². The SMILES string of the molecule is N#CC(=NNc1cccc(Cl)c1)C(=O)c1ccc(Cl)cc1. The Morgan fingerprint density at radius 3 is 2.43 bits per heavy atom. The highest BCUT2D eigenvalue weighted by Crippen LogP contribution is 2.15. The van der Waals surface area contributed by atoms with Crippen LogP contribution < -0.4 is 5.43 Å². The first-order valence-corrected chi connectivity index (χ1v) is 6.65. The summed E-state index contributed by atoms with van der Waals surface area (Å²) in [4.78, 5) is 12.1. The molecule has 2 aromatic carbocycles. The second-order valence-corrected chi connectivity index (χ2v) is 4.90. The number of hydrogen-bond donors (Lipinski definition) is 1. The van der Waals surface area contributed by atoms with Crippen LogP contribution in [0.25, 0.3) is 0 Å². The maximum absolute atomic E-state index is 12.1. The standard InChI is InChI=1S/C15H9Cl2N3O/c16-11-6-4-10(5-7-11)15(21)14(9-18)20-19-13-3-1-2-12(17)8-13/h1-8,19H. The summed E-state index contributed by atoms with van der Waals surface area (Å²) < 4.78 is 0. The fourth-order valence-electron chi connectivity index (χ4n) is 1.54. The van der Waals surface area contributed by atoms with Crippen LogP contribution in [-0.4, -0.2) is 11.5 Å². The number of halogens is 2. The third kappa shape index (κ3) is 4.06. The Kier molecular flexibility index (Phi) is 4.94. The van der Waals surface area contributed by atoms with E-state index in [1.807, 2.05) is 0 Å². The van der Waals surface area contributed by atoms with Gasteiger partial charge >= 0.3 is 0 Å². The first-order valence-electron chi connectivity index (χ1n) is 5.90. The summed E-state index contributed by atoms with van der Waals surface area (Å²) in [5, 5.41) is 13.9. The fraction of sp³-hybridized carbons (Fsp3) is 0. The van der Waals surface area contributed by atoms with Crippen LogP contribution >= 0.6 is 23.2 Å². The van der Waals surface area contributed by atoms with Gasteiger partial charge in [-0.25, -0.2) is 0 Å². The minimum atomic E-state index is -0.483. The zero-order chi connectivity index (χ0) is 15.2. The number of carbonyl (C=O) groups is 1. The van der Waals surface area contributed by atoms with E-state index in [1.54, 1.807) is 42.5 Å². The Balaban J connectivity index is 2.19. The number of hydrazone groups is 1. The quantitative estimate of drug-likeness (QED) is 0.523. The van der Waals surface area contributed by atoms with Crippen molar-refractivity contribution in [3.8, 4) is 6.07 Å². The average molecular weight is 318 g/mol. The molecular weight excluding hydrogens is 309 g/mol. The molecule has 0 aliphatic rings. The predicted octanol–water partition coefficient (Wildman–Crippen LogP) is 4.17. The van der Waals surface area contributed by atoms with Crippen LogP contribution in [0.4, 0.5) is 5.69 Å². The number of benzene rings is 2. The summed E-state index contributed by atoms with van der Waals surface area (Å²) >= 11 is 11.6. The summed E-state index contributed by atoms with van der Waals surface area (Å²) in [5.74, 6) is -0.483. The average Bonchev–Trinajstić information content (AvgIpc) is 2.48. The minimum Gasteiger partial charge on any atom is -0.286 e. The number of nitrogens with one attached hydrogen (secondary N) is 1. The number of ketones is 1. The predicted molar refractivity (Wildman–Crippen MR) is 83.9 cm³/mol. The first-order chi connectivity index (χ1) is 10.1. The van der Waals surface area contributed by atoms with Gasteiger partial charge in [0, 0.05) is 15.6 Å². The Bertz CT molecular complexity index is 733. The number of hydrogen-bond acceptors (Lipinski definition) is 4. The molecule has 0 amide bonds. The van der Waals surface area contributed by atoms with E-state index < -0.39 is 5.78 Å². The van der Waals surface area contributed by atoms with Gasteiger partial charge in [0.1, 0.15) is 6.07 Å². The molecular formula is C15H9Cl2N3O. The van der Waals surface area contributed by atoms with E-state index >= 15 is 0 Å². The van der Waals surface area contributed by atoms with Crippen molar-refractivity contribution in [3.63, 3.8) is 0 Å². The fourth-order valence-corrected chi connectivity index (χ4v) is 1.86. The zero-order valence-corrected chi connectivity index (χ0v) is 12.2. The van der Waals surface area contributed by atoms with Gasteiger partial charge in [0.15, 0.2) is 0 Å². The van der Waals surface area contributed by atoms with E-state index in [1.165, 1.54) is 12.1 Å². The molecule has 0 aromatic heterocycles. The molecule has 0 unspecified atom stereocenters. The highest BCUT2D eigenvalue weighted by Gasteiger charge is 2.13. The zero-order valence-electron chi connectivity index (χ0n) is 10.7. The van der Waals surface area contributed by atoms with Gasteiger partial charge < -0.3 is 0 Å². The Morgan fingerprint density at radius 1 is 1.10 bits per heavy atom. The molecule has 104 valence electrons. The normalized spacial score (nSPS) is 10.8. The molecule has 2 rings (SSSR count). The van der Waals surface area contributed by atoms with Crippen molar-refractivity contribution < 1.29 is 4.79 Å². The minimum absolute atomic E-state index is 0.253. The van der Waals surface area contributed by atoms with Crippen LogP contribution in [0.2, 0.25) is 10.0 Å². The number of nitriles is 1. The van der Waals surface area contributed by atoms with Gasteiger partial charge in [-0.1, -0.05) is 29.3 Å². The van der Waals surface area contributed by atoms with Crippen molar-refractivity contribution in [1.29, 1.82) is 5.26 Å². The Labute approximate surface area is 131 Å². The molecule has 4 nitrogen and oxygen atoms in total. The molecule has 0 spiro atoms. The number of Topliss-reactive ketones (excluding diaryl/α,β-unsaturated/α-hetero) is 1. The van der Waals surface area contributed by atoms with E-state index in [9.17, 15) is 4.79 Å². The highest BCUT2D eigenvalue weighted by atomic mass is 35.5. The van der Waals surface area contributed by atoms with E-state index in [0.29, 0.717) is 21.3 Å². The maximum Gasteiger partial charge on any atom is 0.223 e. The van der Waals surface area contributed by atoms with E-state index in [0.717, 1.165) is 0 Å². The molecule has 6 heteroatoms. The van der Waals surface area contributed by atoms with Crippen LogP contribution in [0.15, 0.2) is 53.6 Å². The second kappa shape index (κ2) is 6.89. The smallest absolute Gasteiger partial charge is 0.223 e. The van der Waals surface area contributed by atoms with Gasteiger partial charge in [-0.15, -0.1) is 0 Å². The maximum atomic E-state index is 12.1. The van der Waals surface area contributed by atoms with E-state index in [4.69, 9.17) is 28.5 Å². The topological polar surface area (TPSA) is 65.2 Å². The van der Waals surface area contributed by atoms with Gasteiger partial charge in [0.05, 0.1) is 5.69 Å². The molecule has 0 heterocycles. The third-order valence-corrected chi connectivity index (χ3v) is 3.04. The molecule has 0 saturated heterocycles. The van der Waals surface area contributed by atoms with Crippen molar-refractivity contribution in [2.75, 3.05) is 5.43 Å². The van der Waals surface area contributed by atoms with Crippen LogP contribution in [0.1, 0.15) is 10.4 Å². The Morgan fingerprint density at radius 2 is 1.81 bits per heavy atom. The lowest BCUT2D eigenvalue weighted by Gasteiger charge is -2.02. The molecule has 0 fully saturated rings. The number of anilines is 1. The third-order valence-electron chi connectivity index (χ3n) is 2.55. The molecule has 0 saturated carbocycles. The summed E-state index contributed by atoms with van der Waals surface area (Å²) in [5.41, 5.74) is 3.30. The summed E-state index contributed by atoms with van der Waals surface area (Å²) in [6.45, 7) is 0. The van der Waals surface area contributed by atoms with Gasteiger partial charge in [-0.3, -0.25) is 10.2 Å². The van der Waals surface area contributed by atoms with Gasteiger partial charge in [0.25, 0.3) is 0 Å². The van der Waals surface area contributed by atoms with E-state index in [-0.39, 0.29) is 5.71 Å². The number of carbonyl (C=O) groups excluding carboxylic acids is 1. The largest absolute Gasteiger partial charge is 0.286 e. The molecule has 2 aromatic rings. The van der Waals surface area contributed by atoms with Crippen LogP contribution in [0, 0.1) is 11.3 Å². The van der Waals surface area contributed by atoms with Crippen molar-refractivity contribution >= 4 is 40.4 Å². The monoisotopic (exact) mass is 317 g/mol. The molecule has 0 aliphatic heterocycles. The first kappa shape index (κ1) is 15.0. The van der Waals surface area contributed by atoms with Crippen LogP contribution in [0.3, 0.4) is 0 Å². The molecule has 0 aliphatic carbocycles. The van der Waals surface area contributed by atoms with Crippen LogP contribution in [0.5, 0.6) is 0 Å². The van der Waals surface area contributed by atoms with Crippen molar-refractivity contribution in [2.45, 2.75) is 0 Å². The summed E-state index contributed by atoms with van der Waals surface area (Å²) in [6, 6.07) is 14.8. The molecule has 1 N–H and O–H groups in total.